The Balaban J connectivity index is 2.44. The highest BCUT2D eigenvalue weighted by Crippen LogP contribution is 2.28. The van der Waals surface area contributed by atoms with Gasteiger partial charge in [-0.2, -0.15) is 0 Å². The third-order valence-electron chi connectivity index (χ3n) is 3.02. The van der Waals surface area contributed by atoms with Crippen molar-refractivity contribution in [1.82, 2.24) is 0 Å². The maximum absolute atomic E-state index is 13.7. The van der Waals surface area contributed by atoms with E-state index in [-0.39, 0.29) is 16.1 Å². The Hall–Kier alpha value is -1.73. The molecule has 7 heteroatoms. The van der Waals surface area contributed by atoms with Crippen LogP contribution in [0.4, 0.5) is 15.8 Å². The molecule has 0 aliphatic carbocycles. The monoisotopic (exact) mass is 326 g/mol. The Morgan fingerprint density at radius 3 is 2.52 bits per heavy atom. The van der Waals surface area contributed by atoms with Crippen molar-refractivity contribution >= 4 is 33.2 Å². The van der Waals surface area contributed by atoms with Crippen molar-refractivity contribution in [1.29, 1.82) is 0 Å². The molecule has 0 bridgehead atoms. The van der Waals surface area contributed by atoms with Crippen molar-refractivity contribution in [3.8, 4) is 0 Å². The molecule has 0 unspecified atom stereocenters. The van der Waals surface area contributed by atoms with Crippen molar-refractivity contribution in [2.75, 3.05) is 16.7 Å². The summed E-state index contributed by atoms with van der Waals surface area (Å²) < 4.78 is 40.8. The van der Waals surface area contributed by atoms with Crippen molar-refractivity contribution in [2.45, 2.75) is 16.7 Å². The lowest BCUT2D eigenvalue weighted by molar-refractivity contribution is 0.593. The third kappa shape index (κ3) is 3.30. The first-order valence-electron chi connectivity index (χ1n) is 6.06. The summed E-state index contributed by atoms with van der Waals surface area (Å²) >= 11 is 1.41. The largest absolute Gasteiger partial charge is 0.398 e. The van der Waals surface area contributed by atoms with Crippen LogP contribution < -0.4 is 10.5 Å². The van der Waals surface area contributed by atoms with Crippen LogP contribution in [0.15, 0.2) is 46.2 Å². The van der Waals surface area contributed by atoms with Crippen molar-refractivity contribution in [3.05, 3.63) is 47.8 Å². The number of sulfonamides is 1. The molecule has 3 N–H and O–H groups in total. The van der Waals surface area contributed by atoms with E-state index < -0.39 is 15.8 Å². The second-order valence-electron chi connectivity index (χ2n) is 4.43. The highest BCUT2D eigenvalue weighted by molar-refractivity contribution is 7.99. The van der Waals surface area contributed by atoms with Crippen LogP contribution in [0.1, 0.15) is 5.56 Å². The molecule has 2 aromatic carbocycles. The fourth-order valence-electron chi connectivity index (χ4n) is 1.76. The van der Waals surface area contributed by atoms with E-state index in [1.165, 1.54) is 24.8 Å². The maximum Gasteiger partial charge on any atom is 0.262 e. The van der Waals surface area contributed by atoms with E-state index in [0.29, 0.717) is 5.69 Å². The summed E-state index contributed by atoms with van der Waals surface area (Å²) in [7, 11) is -3.89. The Kier molecular flexibility index (Phi) is 4.43. The van der Waals surface area contributed by atoms with E-state index in [1.54, 1.807) is 18.2 Å². The van der Waals surface area contributed by atoms with Gasteiger partial charge in [-0.05, 0) is 37.4 Å². The number of anilines is 2. The van der Waals surface area contributed by atoms with E-state index in [1.807, 2.05) is 12.3 Å². The van der Waals surface area contributed by atoms with Crippen LogP contribution in [-0.2, 0) is 10.0 Å². The summed E-state index contributed by atoms with van der Waals surface area (Å²) in [6.45, 7) is 1.50. The topological polar surface area (TPSA) is 72.2 Å². The van der Waals surface area contributed by atoms with Crippen LogP contribution in [0.25, 0.3) is 0 Å². The van der Waals surface area contributed by atoms with Crippen LogP contribution in [-0.4, -0.2) is 14.7 Å². The van der Waals surface area contributed by atoms with Gasteiger partial charge in [-0.3, -0.25) is 4.72 Å². The average Bonchev–Trinajstić information content (AvgIpc) is 2.44. The Bertz CT molecular complexity index is 753. The second kappa shape index (κ2) is 5.95. The maximum atomic E-state index is 13.7. The van der Waals surface area contributed by atoms with Gasteiger partial charge in [0.05, 0.1) is 10.6 Å². The second-order valence-corrected chi connectivity index (χ2v) is 6.96. The predicted molar refractivity (Wildman–Crippen MR) is 84.6 cm³/mol. The van der Waals surface area contributed by atoms with E-state index in [4.69, 9.17) is 5.73 Å². The molecule has 0 saturated carbocycles. The minimum atomic E-state index is -3.89. The first-order chi connectivity index (χ1) is 9.85. The molecule has 4 nitrogen and oxygen atoms in total. The molecule has 0 atom stereocenters. The fourth-order valence-corrected chi connectivity index (χ4v) is 3.51. The SMILES string of the molecule is CSc1ccccc1NS(=O)(=O)c1cc(N)c(C)c(F)c1. The highest BCUT2D eigenvalue weighted by Gasteiger charge is 2.18. The van der Waals surface area contributed by atoms with Crippen molar-refractivity contribution in [3.63, 3.8) is 0 Å². The molecular weight excluding hydrogens is 311 g/mol. The number of nitrogens with one attached hydrogen (secondary N) is 1. The van der Waals surface area contributed by atoms with Gasteiger partial charge in [-0.25, -0.2) is 12.8 Å². The highest BCUT2D eigenvalue weighted by atomic mass is 32.2. The molecule has 0 heterocycles. The number of benzene rings is 2. The molecule has 0 fully saturated rings. The average molecular weight is 326 g/mol. The zero-order valence-corrected chi connectivity index (χ0v) is 13.2. The minimum absolute atomic E-state index is 0.105. The third-order valence-corrected chi connectivity index (χ3v) is 5.16. The van der Waals surface area contributed by atoms with Gasteiger partial charge in [0.1, 0.15) is 5.82 Å². The number of halogens is 1. The molecule has 0 spiro atoms. The van der Waals surface area contributed by atoms with E-state index in [2.05, 4.69) is 4.72 Å². The summed E-state index contributed by atoms with van der Waals surface area (Å²) in [5.41, 5.74) is 6.42. The molecule has 0 aromatic heterocycles. The number of para-hydroxylation sites is 1. The molecule has 0 aliphatic heterocycles. The van der Waals surface area contributed by atoms with Crippen molar-refractivity contribution in [2.24, 2.45) is 0 Å². The molecule has 0 amide bonds. The van der Waals surface area contributed by atoms with E-state index in [0.717, 1.165) is 11.0 Å². The number of nitrogen functional groups attached to an aromatic ring is 1. The molecular formula is C14H15FN2O2S2. The van der Waals surface area contributed by atoms with Crippen LogP contribution in [0.3, 0.4) is 0 Å². The van der Waals surface area contributed by atoms with Crippen LogP contribution >= 0.6 is 11.8 Å². The standard InChI is InChI=1S/C14H15FN2O2S2/c1-9-11(15)7-10(8-12(9)16)21(18,19)17-13-5-3-4-6-14(13)20-2/h3-8,17H,16H2,1-2H3. The number of thioether (sulfide) groups is 1. The molecule has 0 aliphatic rings. The van der Waals surface area contributed by atoms with Crippen molar-refractivity contribution < 1.29 is 12.8 Å². The lowest BCUT2D eigenvalue weighted by atomic mass is 10.2. The van der Waals surface area contributed by atoms with E-state index >= 15 is 0 Å². The minimum Gasteiger partial charge on any atom is -0.398 e. The molecule has 2 aromatic rings. The normalized spacial score (nSPS) is 11.4. The van der Waals surface area contributed by atoms with Gasteiger partial charge in [-0.1, -0.05) is 12.1 Å². The predicted octanol–water partition coefficient (Wildman–Crippen LogP) is 3.24. The van der Waals surface area contributed by atoms with Gasteiger partial charge >= 0.3 is 0 Å². The Morgan fingerprint density at radius 1 is 1.24 bits per heavy atom. The van der Waals surface area contributed by atoms with Gasteiger partial charge in [0, 0.05) is 16.1 Å². The summed E-state index contributed by atoms with van der Waals surface area (Å²) in [6.07, 6.45) is 1.84. The van der Waals surface area contributed by atoms with Gasteiger partial charge in [0.15, 0.2) is 0 Å². The first kappa shape index (κ1) is 15.7. The summed E-state index contributed by atoms with van der Waals surface area (Å²) in [5, 5.41) is 0. The number of rotatable bonds is 4. The number of hydrogen-bond donors (Lipinski definition) is 2. The van der Waals surface area contributed by atoms with Crippen LogP contribution in [0.2, 0.25) is 0 Å². The number of nitrogens with two attached hydrogens (primary N) is 1. The van der Waals surface area contributed by atoms with Gasteiger partial charge in [0.2, 0.25) is 0 Å². The summed E-state index contributed by atoms with van der Waals surface area (Å²) in [6, 6.07) is 9.21. The molecule has 2 rings (SSSR count). The Morgan fingerprint density at radius 2 is 1.90 bits per heavy atom. The molecule has 0 radical (unpaired) electrons. The van der Waals surface area contributed by atoms with E-state index in [9.17, 15) is 12.8 Å². The zero-order chi connectivity index (χ0) is 15.6. The van der Waals surface area contributed by atoms with Gasteiger partial charge < -0.3 is 5.73 Å². The first-order valence-corrected chi connectivity index (χ1v) is 8.77. The lowest BCUT2D eigenvalue weighted by Gasteiger charge is -2.12. The Labute approximate surface area is 127 Å². The van der Waals surface area contributed by atoms with Crippen LogP contribution in [0, 0.1) is 12.7 Å². The summed E-state index contributed by atoms with van der Waals surface area (Å²) in [4.78, 5) is 0.584. The van der Waals surface area contributed by atoms with Crippen LogP contribution in [0.5, 0.6) is 0 Å². The fraction of sp³-hybridized carbons (Fsp3) is 0.143. The van der Waals surface area contributed by atoms with Gasteiger partial charge in [-0.15, -0.1) is 11.8 Å². The van der Waals surface area contributed by atoms with Gasteiger partial charge in [0.25, 0.3) is 10.0 Å². The molecule has 112 valence electrons. The quantitative estimate of drug-likeness (QED) is 0.668. The molecule has 0 saturated heterocycles. The lowest BCUT2D eigenvalue weighted by Crippen LogP contribution is -2.14. The molecule has 21 heavy (non-hydrogen) atoms. The zero-order valence-electron chi connectivity index (χ0n) is 11.6. The smallest absolute Gasteiger partial charge is 0.262 e. The summed E-state index contributed by atoms with van der Waals surface area (Å²) in [5.74, 6) is -0.645. The number of hydrogen-bond acceptors (Lipinski definition) is 4.